The number of benzene rings is 1. The molecule has 0 N–H and O–H groups in total. The largest absolute Gasteiger partial charge is 0.340 e. The molecule has 0 bridgehead atoms. The minimum atomic E-state index is -3.47. The van der Waals surface area contributed by atoms with Crippen molar-refractivity contribution < 1.29 is 18.0 Å². The van der Waals surface area contributed by atoms with Crippen LogP contribution in [0.5, 0.6) is 0 Å². The van der Waals surface area contributed by atoms with Gasteiger partial charge in [-0.25, -0.2) is 8.42 Å². The van der Waals surface area contributed by atoms with E-state index in [2.05, 4.69) is 0 Å². The van der Waals surface area contributed by atoms with Gasteiger partial charge in [-0.2, -0.15) is 4.31 Å². The molecule has 8 heteroatoms. The summed E-state index contributed by atoms with van der Waals surface area (Å²) in [5.74, 6) is -0.161. The topological polar surface area (TPSA) is 74.8 Å². The molecular weight excluding hydrogens is 384 g/mol. The zero-order valence-corrected chi connectivity index (χ0v) is 16.8. The first-order valence-corrected chi connectivity index (χ1v) is 11.1. The lowest BCUT2D eigenvalue weighted by Gasteiger charge is -2.33. The van der Waals surface area contributed by atoms with Gasteiger partial charge in [0, 0.05) is 44.6 Å². The van der Waals surface area contributed by atoms with Crippen molar-refractivity contribution in [3.05, 3.63) is 52.9 Å². The third-order valence-electron chi connectivity index (χ3n) is 4.62. The number of thiophene rings is 1. The summed E-state index contributed by atoms with van der Waals surface area (Å²) in [5.41, 5.74) is 1.69. The van der Waals surface area contributed by atoms with E-state index in [0.717, 1.165) is 5.56 Å². The van der Waals surface area contributed by atoms with E-state index >= 15 is 0 Å². The van der Waals surface area contributed by atoms with Crippen LogP contribution in [0.3, 0.4) is 0 Å². The number of carbonyl (C=O) groups is 2. The van der Waals surface area contributed by atoms with E-state index in [4.69, 9.17) is 0 Å². The second-order valence-electron chi connectivity index (χ2n) is 6.51. The Hall–Kier alpha value is -2.03. The highest BCUT2D eigenvalue weighted by molar-refractivity contribution is 7.91. The molecule has 1 amide bonds. The van der Waals surface area contributed by atoms with Crippen LogP contribution in [-0.4, -0.2) is 55.5 Å². The maximum atomic E-state index is 12.5. The fourth-order valence-electron chi connectivity index (χ4n) is 2.98. The molecule has 1 fully saturated rings. The van der Waals surface area contributed by atoms with Gasteiger partial charge in [-0.3, -0.25) is 9.59 Å². The second-order valence-corrected chi connectivity index (χ2v) is 9.62. The highest BCUT2D eigenvalue weighted by atomic mass is 32.2. The van der Waals surface area contributed by atoms with E-state index in [-0.39, 0.29) is 37.6 Å². The summed E-state index contributed by atoms with van der Waals surface area (Å²) in [5, 5.41) is 1.73. The molecule has 6 nitrogen and oxygen atoms in total. The number of carbonyl (C=O) groups excluding carboxylic acids is 2. The van der Waals surface area contributed by atoms with Crippen LogP contribution in [0, 0.1) is 6.92 Å². The first kappa shape index (κ1) is 19.7. The van der Waals surface area contributed by atoms with Gasteiger partial charge < -0.3 is 4.90 Å². The Morgan fingerprint density at radius 1 is 1.00 bits per heavy atom. The molecule has 0 atom stereocenters. The Morgan fingerprint density at radius 3 is 2.26 bits per heavy atom. The maximum absolute atomic E-state index is 12.5. The summed E-state index contributed by atoms with van der Waals surface area (Å²) in [6, 6.07) is 10.6. The third-order valence-corrected chi connectivity index (χ3v) is 7.89. The smallest absolute Gasteiger partial charge is 0.252 e. The van der Waals surface area contributed by atoms with Gasteiger partial charge in [0.25, 0.3) is 10.0 Å². The van der Waals surface area contributed by atoms with Crippen molar-refractivity contribution in [3.8, 4) is 0 Å². The standard InChI is InChI=1S/C19H22N2O4S2/c1-15-4-6-16(7-5-15)17(22)8-9-18(23)20-10-12-21(13-11-20)27(24,25)19-3-2-14-26-19/h2-7,14H,8-13H2,1H3. The number of amides is 1. The number of aryl methyl sites for hydroxylation is 1. The highest BCUT2D eigenvalue weighted by Gasteiger charge is 2.30. The summed E-state index contributed by atoms with van der Waals surface area (Å²) < 4.78 is 26.8. The molecule has 1 aromatic carbocycles. The SMILES string of the molecule is Cc1ccc(C(=O)CCC(=O)N2CCN(S(=O)(=O)c3cccs3)CC2)cc1. The fraction of sp³-hybridized carbons (Fsp3) is 0.368. The zero-order chi connectivity index (χ0) is 19.4. The number of hydrogen-bond donors (Lipinski definition) is 0. The number of sulfonamides is 1. The van der Waals surface area contributed by atoms with Gasteiger partial charge in [0.1, 0.15) is 4.21 Å². The molecule has 2 heterocycles. The summed E-state index contributed by atoms with van der Waals surface area (Å²) in [7, 11) is -3.47. The normalized spacial score (nSPS) is 15.7. The predicted octanol–water partition coefficient (Wildman–Crippen LogP) is 2.55. The van der Waals surface area contributed by atoms with E-state index in [1.54, 1.807) is 34.5 Å². The summed E-state index contributed by atoms with van der Waals surface area (Å²) >= 11 is 1.19. The van der Waals surface area contributed by atoms with Crippen molar-refractivity contribution >= 4 is 33.1 Å². The van der Waals surface area contributed by atoms with Gasteiger partial charge in [0.2, 0.25) is 5.91 Å². The van der Waals surface area contributed by atoms with Gasteiger partial charge >= 0.3 is 0 Å². The molecule has 27 heavy (non-hydrogen) atoms. The first-order chi connectivity index (χ1) is 12.9. The van der Waals surface area contributed by atoms with Crippen LogP contribution >= 0.6 is 11.3 Å². The molecule has 0 radical (unpaired) electrons. The molecule has 0 spiro atoms. The Bertz CT molecular complexity index is 898. The van der Waals surface area contributed by atoms with Crippen LogP contribution in [0.1, 0.15) is 28.8 Å². The molecule has 0 unspecified atom stereocenters. The number of ketones is 1. The number of Topliss-reactive ketones (excluding diaryl/α,β-unsaturated/α-hetero) is 1. The molecule has 1 aliphatic rings. The second kappa shape index (κ2) is 8.33. The molecule has 0 saturated carbocycles. The van der Waals surface area contributed by atoms with Gasteiger partial charge in [0.15, 0.2) is 5.78 Å². The van der Waals surface area contributed by atoms with Crippen LogP contribution in [0.25, 0.3) is 0 Å². The van der Waals surface area contributed by atoms with Gasteiger partial charge in [0.05, 0.1) is 0 Å². The summed E-state index contributed by atoms with van der Waals surface area (Å²) in [4.78, 5) is 26.2. The lowest BCUT2D eigenvalue weighted by molar-refractivity contribution is -0.132. The van der Waals surface area contributed by atoms with Crippen LogP contribution < -0.4 is 0 Å². The van der Waals surface area contributed by atoms with Crippen LogP contribution in [0.2, 0.25) is 0 Å². The molecule has 1 aliphatic heterocycles. The number of piperazine rings is 1. The maximum Gasteiger partial charge on any atom is 0.252 e. The number of rotatable bonds is 6. The fourth-order valence-corrected chi connectivity index (χ4v) is 5.54. The van der Waals surface area contributed by atoms with Crippen molar-refractivity contribution in [1.82, 2.24) is 9.21 Å². The number of hydrogen-bond acceptors (Lipinski definition) is 5. The predicted molar refractivity (Wildman–Crippen MR) is 104 cm³/mol. The minimum Gasteiger partial charge on any atom is -0.340 e. The Labute approximate surface area is 163 Å². The van der Waals surface area contributed by atoms with Crippen LogP contribution in [-0.2, 0) is 14.8 Å². The van der Waals surface area contributed by atoms with E-state index in [1.165, 1.54) is 15.6 Å². The molecule has 144 valence electrons. The molecule has 2 aromatic rings. The zero-order valence-electron chi connectivity index (χ0n) is 15.1. The molecule has 3 rings (SSSR count). The van der Waals surface area contributed by atoms with Gasteiger partial charge in [-0.15, -0.1) is 11.3 Å². The quantitative estimate of drug-likeness (QED) is 0.691. The lowest BCUT2D eigenvalue weighted by atomic mass is 10.0. The van der Waals surface area contributed by atoms with E-state index in [9.17, 15) is 18.0 Å². The average Bonchev–Trinajstić information content (AvgIpc) is 3.22. The molecule has 1 aromatic heterocycles. The Morgan fingerprint density at radius 2 is 1.67 bits per heavy atom. The Balaban J connectivity index is 1.50. The monoisotopic (exact) mass is 406 g/mol. The van der Waals surface area contributed by atoms with Gasteiger partial charge in [-0.05, 0) is 18.4 Å². The van der Waals surface area contributed by atoms with Crippen molar-refractivity contribution in [1.29, 1.82) is 0 Å². The van der Waals surface area contributed by atoms with Crippen molar-refractivity contribution in [2.75, 3.05) is 26.2 Å². The molecule has 0 aliphatic carbocycles. The van der Waals surface area contributed by atoms with E-state index in [1.807, 2.05) is 19.1 Å². The van der Waals surface area contributed by atoms with Crippen molar-refractivity contribution in [3.63, 3.8) is 0 Å². The van der Waals surface area contributed by atoms with Crippen molar-refractivity contribution in [2.24, 2.45) is 0 Å². The molecular formula is C19H22N2O4S2. The van der Waals surface area contributed by atoms with E-state index < -0.39 is 10.0 Å². The Kier molecular flexibility index (Phi) is 6.08. The van der Waals surface area contributed by atoms with Crippen molar-refractivity contribution in [2.45, 2.75) is 24.0 Å². The average molecular weight is 407 g/mol. The number of nitrogens with zero attached hydrogens (tertiary/aromatic N) is 2. The lowest BCUT2D eigenvalue weighted by Crippen LogP contribution is -2.50. The summed E-state index contributed by atoms with van der Waals surface area (Å²) in [6.07, 6.45) is 0.306. The molecule has 1 saturated heterocycles. The minimum absolute atomic E-state index is 0.0535. The summed E-state index contributed by atoms with van der Waals surface area (Å²) in [6.45, 7) is 3.20. The van der Waals surface area contributed by atoms with Crippen LogP contribution in [0.4, 0.5) is 0 Å². The first-order valence-electron chi connectivity index (χ1n) is 8.79. The third kappa shape index (κ3) is 4.63. The van der Waals surface area contributed by atoms with Gasteiger partial charge in [-0.1, -0.05) is 35.9 Å². The van der Waals surface area contributed by atoms with E-state index in [0.29, 0.717) is 22.9 Å². The van der Waals surface area contributed by atoms with Crippen LogP contribution in [0.15, 0.2) is 46.0 Å². The highest BCUT2D eigenvalue weighted by Crippen LogP contribution is 2.22.